The summed E-state index contributed by atoms with van der Waals surface area (Å²) in [6.45, 7) is 0. The lowest BCUT2D eigenvalue weighted by Gasteiger charge is -2.12. The van der Waals surface area contributed by atoms with E-state index in [1.165, 1.54) is 36.4 Å². The van der Waals surface area contributed by atoms with Crippen LogP contribution in [0.4, 0.5) is 4.39 Å². The zero-order chi connectivity index (χ0) is 17.4. The number of benzene rings is 2. The van der Waals surface area contributed by atoms with E-state index in [9.17, 15) is 14.3 Å². The highest BCUT2D eigenvalue weighted by atomic mass is 19.1. The highest BCUT2D eigenvalue weighted by Crippen LogP contribution is 2.36. The molecule has 0 radical (unpaired) electrons. The Morgan fingerprint density at radius 1 is 0.960 bits per heavy atom. The molecule has 0 saturated carbocycles. The number of aromatic hydroxyl groups is 1. The van der Waals surface area contributed by atoms with Crippen molar-refractivity contribution in [1.29, 1.82) is 0 Å². The van der Waals surface area contributed by atoms with E-state index < -0.39 is 5.63 Å². The van der Waals surface area contributed by atoms with E-state index in [4.69, 9.17) is 4.42 Å². The van der Waals surface area contributed by atoms with Gasteiger partial charge in [0.1, 0.15) is 17.1 Å². The first-order valence-electron chi connectivity index (χ1n) is 7.59. The molecule has 0 saturated heterocycles. The zero-order valence-corrected chi connectivity index (χ0v) is 12.9. The first-order chi connectivity index (χ1) is 12.1. The molecule has 2 aromatic heterocycles. The van der Waals surface area contributed by atoms with Crippen molar-refractivity contribution in [2.75, 3.05) is 0 Å². The Balaban J connectivity index is 2.15. The van der Waals surface area contributed by atoms with E-state index in [0.29, 0.717) is 22.1 Å². The quantitative estimate of drug-likeness (QED) is 0.553. The smallest absolute Gasteiger partial charge is 0.344 e. The van der Waals surface area contributed by atoms with Crippen molar-refractivity contribution in [3.8, 4) is 28.0 Å². The summed E-state index contributed by atoms with van der Waals surface area (Å²) in [7, 11) is 0. The van der Waals surface area contributed by atoms with Crippen LogP contribution >= 0.6 is 0 Å². The number of halogens is 1. The van der Waals surface area contributed by atoms with Gasteiger partial charge in [-0.15, -0.1) is 0 Å². The van der Waals surface area contributed by atoms with Crippen LogP contribution in [-0.2, 0) is 0 Å². The Kier molecular flexibility index (Phi) is 3.54. The average Bonchev–Trinajstić information content (AvgIpc) is 2.62. The van der Waals surface area contributed by atoms with Crippen molar-refractivity contribution in [3.05, 3.63) is 83.2 Å². The van der Waals surface area contributed by atoms with Crippen molar-refractivity contribution in [2.45, 2.75) is 0 Å². The Hall–Kier alpha value is -3.47. The van der Waals surface area contributed by atoms with E-state index in [2.05, 4.69) is 4.98 Å². The molecule has 4 aromatic rings. The van der Waals surface area contributed by atoms with Gasteiger partial charge in [-0.1, -0.05) is 18.2 Å². The topological polar surface area (TPSA) is 63.3 Å². The number of pyridine rings is 1. The number of phenolic OH excluding ortho intramolecular Hbond substituents is 1. The zero-order valence-electron chi connectivity index (χ0n) is 12.9. The summed E-state index contributed by atoms with van der Waals surface area (Å²) in [5.41, 5.74) is 1.94. The van der Waals surface area contributed by atoms with Crippen LogP contribution in [0.5, 0.6) is 5.75 Å². The molecule has 2 aromatic carbocycles. The number of rotatable bonds is 2. The van der Waals surface area contributed by atoms with Crippen molar-refractivity contribution >= 4 is 11.0 Å². The molecule has 1 N–H and O–H groups in total. The predicted octanol–water partition coefficient (Wildman–Crippen LogP) is 4.37. The minimum absolute atomic E-state index is 0.00215. The molecule has 0 amide bonds. The van der Waals surface area contributed by atoms with E-state index in [-0.39, 0.29) is 17.1 Å². The van der Waals surface area contributed by atoms with Gasteiger partial charge >= 0.3 is 5.63 Å². The lowest BCUT2D eigenvalue weighted by atomic mass is 9.94. The Labute approximate surface area is 141 Å². The van der Waals surface area contributed by atoms with Crippen LogP contribution in [0.25, 0.3) is 33.2 Å². The van der Waals surface area contributed by atoms with Gasteiger partial charge in [0.25, 0.3) is 0 Å². The molecule has 0 spiro atoms. The normalized spacial score (nSPS) is 10.9. The molecule has 0 aliphatic carbocycles. The molecule has 122 valence electrons. The summed E-state index contributed by atoms with van der Waals surface area (Å²) in [5, 5.41) is 10.3. The first-order valence-corrected chi connectivity index (χ1v) is 7.59. The molecule has 0 fully saturated rings. The summed E-state index contributed by atoms with van der Waals surface area (Å²) in [6.07, 6.45) is 3.29. The van der Waals surface area contributed by atoms with Crippen molar-refractivity contribution < 1.29 is 13.9 Å². The number of fused-ring (bicyclic) bond motifs is 1. The largest absolute Gasteiger partial charge is 0.508 e. The molecular formula is C20H12FNO3. The van der Waals surface area contributed by atoms with Gasteiger partial charge in [-0.25, -0.2) is 9.18 Å². The Morgan fingerprint density at radius 3 is 2.48 bits per heavy atom. The van der Waals surface area contributed by atoms with Crippen LogP contribution in [-0.4, -0.2) is 10.1 Å². The van der Waals surface area contributed by atoms with Gasteiger partial charge in [0.05, 0.1) is 5.56 Å². The molecule has 0 bridgehead atoms. The first kappa shape index (κ1) is 15.1. The van der Waals surface area contributed by atoms with Crippen molar-refractivity contribution in [2.24, 2.45) is 0 Å². The molecule has 0 aliphatic heterocycles. The third kappa shape index (κ3) is 2.65. The fraction of sp³-hybridized carbons (Fsp3) is 0. The van der Waals surface area contributed by atoms with Gasteiger partial charge in [-0.3, -0.25) is 4.98 Å². The van der Waals surface area contributed by atoms with Gasteiger partial charge in [0.2, 0.25) is 0 Å². The van der Waals surface area contributed by atoms with Crippen LogP contribution in [0.1, 0.15) is 0 Å². The lowest BCUT2D eigenvalue weighted by Crippen LogP contribution is -2.06. The van der Waals surface area contributed by atoms with Gasteiger partial charge in [0, 0.05) is 35.0 Å². The molecule has 2 heterocycles. The molecule has 25 heavy (non-hydrogen) atoms. The highest BCUT2D eigenvalue weighted by Gasteiger charge is 2.18. The second-order valence-electron chi connectivity index (χ2n) is 5.57. The average molecular weight is 333 g/mol. The van der Waals surface area contributed by atoms with Crippen LogP contribution in [0.2, 0.25) is 0 Å². The fourth-order valence-electron chi connectivity index (χ4n) is 2.88. The molecule has 0 atom stereocenters. The van der Waals surface area contributed by atoms with E-state index in [1.807, 2.05) is 6.07 Å². The Bertz CT molecular complexity index is 1120. The predicted molar refractivity (Wildman–Crippen MR) is 92.8 cm³/mol. The lowest BCUT2D eigenvalue weighted by molar-refractivity contribution is 0.473. The number of aromatic nitrogens is 1. The number of nitrogens with zero attached hydrogens (tertiary/aromatic N) is 1. The number of phenols is 1. The fourth-order valence-corrected chi connectivity index (χ4v) is 2.88. The van der Waals surface area contributed by atoms with E-state index in [1.54, 1.807) is 24.5 Å². The second-order valence-corrected chi connectivity index (χ2v) is 5.57. The molecule has 4 nitrogen and oxygen atoms in total. The maximum atomic E-state index is 13.3. The third-order valence-corrected chi connectivity index (χ3v) is 3.97. The summed E-state index contributed by atoms with van der Waals surface area (Å²) in [5.74, 6) is -0.385. The van der Waals surface area contributed by atoms with Crippen molar-refractivity contribution in [3.63, 3.8) is 0 Å². The summed E-state index contributed by atoms with van der Waals surface area (Å²) in [6, 6.07) is 13.9. The minimum Gasteiger partial charge on any atom is -0.508 e. The minimum atomic E-state index is -0.566. The Morgan fingerprint density at radius 2 is 1.76 bits per heavy atom. The van der Waals surface area contributed by atoms with E-state index >= 15 is 0 Å². The van der Waals surface area contributed by atoms with Gasteiger partial charge in [-0.2, -0.15) is 0 Å². The summed E-state index contributed by atoms with van der Waals surface area (Å²) in [4.78, 5) is 16.8. The maximum Gasteiger partial charge on any atom is 0.344 e. The monoisotopic (exact) mass is 333 g/mol. The van der Waals surface area contributed by atoms with Crippen LogP contribution < -0.4 is 5.63 Å². The maximum absolute atomic E-state index is 13.3. The molecule has 0 aliphatic rings. The number of hydrogen-bond donors (Lipinski definition) is 1. The second kappa shape index (κ2) is 5.87. The molecular weight excluding hydrogens is 321 g/mol. The van der Waals surface area contributed by atoms with Gasteiger partial charge in [-0.05, 0) is 35.9 Å². The van der Waals surface area contributed by atoms with Gasteiger partial charge in [0.15, 0.2) is 0 Å². The van der Waals surface area contributed by atoms with E-state index in [0.717, 1.165) is 5.56 Å². The van der Waals surface area contributed by atoms with Crippen molar-refractivity contribution in [1.82, 2.24) is 4.98 Å². The van der Waals surface area contributed by atoms with Crippen LogP contribution in [0.15, 0.2) is 76.2 Å². The molecule has 4 rings (SSSR count). The molecule has 5 heteroatoms. The van der Waals surface area contributed by atoms with Gasteiger partial charge < -0.3 is 9.52 Å². The van der Waals surface area contributed by atoms with Crippen LogP contribution in [0.3, 0.4) is 0 Å². The summed E-state index contributed by atoms with van der Waals surface area (Å²) >= 11 is 0. The number of hydrogen-bond acceptors (Lipinski definition) is 4. The summed E-state index contributed by atoms with van der Waals surface area (Å²) < 4.78 is 18.7. The highest BCUT2D eigenvalue weighted by molar-refractivity contribution is 6.01. The standard InChI is InChI=1S/C20H12FNO3/c21-14-5-3-12(4-6-14)19-18(13-2-1-9-22-11-13)16-8-7-15(23)10-17(16)25-20(19)24/h1-11,23H. The molecule has 0 unspecified atom stereocenters. The SMILES string of the molecule is O=c1oc2cc(O)ccc2c(-c2cccnc2)c1-c1ccc(F)cc1. The van der Waals surface area contributed by atoms with Crippen LogP contribution in [0, 0.1) is 5.82 Å². The third-order valence-electron chi connectivity index (χ3n) is 3.97.